The zero-order valence-corrected chi connectivity index (χ0v) is 11.9. The Morgan fingerprint density at radius 3 is 2.38 bits per heavy atom. The quantitative estimate of drug-likeness (QED) is 0.503. The molecule has 0 radical (unpaired) electrons. The van der Waals surface area contributed by atoms with Gasteiger partial charge in [-0.1, -0.05) is 18.2 Å². The summed E-state index contributed by atoms with van der Waals surface area (Å²) in [4.78, 5) is 0.625. The maximum absolute atomic E-state index is 12.5. The van der Waals surface area contributed by atoms with Gasteiger partial charge in [-0.25, -0.2) is 0 Å². The van der Waals surface area contributed by atoms with Crippen molar-refractivity contribution in [1.82, 2.24) is 0 Å². The lowest BCUT2D eigenvalue weighted by Crippen LogP contribution is -2.06. The molecule has 0 heterocycles. The van der Waals surface area contributed by atoms with E-state index in [2.05, 4.69) is 0 Å². The van der Waals surface area contributed by atoms with Crippen LogP contribution in [0.3, 0.4) is 0 Å². The Kier molecular flexibility index (Phi) is 5.01. The third-order valence-corrected chi connectivity index (χ3v) is 3.74. The van der Waals surface area contributed by atoms with Crippen molar-refractivity contribution in [3.05, 3.63) is 54.1 Å². The third-order valence-electron chi connectivity index (χ3n) is 2.69. The van der Waals surface area contributed by atoms with E-state index in [0.717, 1.165) is 17.9 Å². The Bertz CT molecular complexity index is 587. The summed E-state index contributed by atoms with van der Waals surface area (Å²) in [6.45, 7) is 0.454. The molecule has 112 valence electrons. The number of para-hydroxylation sites is 1. The van der Waals surface area contributed by atoms with Crippen molar-refractivity contribution in [3.8, 4) is 5.75 Å². The van der Waals surface area contributed by atoms with E-state index in [9.17, 15) is 13.2 Å². The van der Waals surface area contributed by atoms with Gasteiger partial charge in [0.2, 0.25) is 0 Å². The van der Waals surface area contributed by atoms with Crippen LogP contribution in [-0.2, 0) is 6.18 Å². The molecule has 0 saturated carbocycles. The standard InChI is InChI=1S/C15H14F3NOS/c16-15(17,18)11-6-7-14(13(19)10-11)21-9-8-20-12-4-2-1-3-5-12/h1-7,10H,8-9,19H2. The van der Waals surface area contributed by atoms with Gasteiger partial charge >= 0.3 is 6.18 Å². The number of ether oxygens (including phenoxy) is 1. The first-order chi connectivity index (χ1) is 9.97. The second-order valence-electron chi connectivity index (χ2n) is 4.26. The number of rotatable bonds is 5. The largest absolute Gasteiger partial charge is 0.493 e. The van der Waals surface area contributed by atoms with Gasteiger partial charge in [-0.3, -0.25) is 0 Å². The smallest absolute Gasteiger partial charge is 0.416 e. The molecule has 0 bridgehead atoms. The number of hydrogen-bond donors (Lipinski definition) is 1. The van der Waals surface area contributed by atoms with Crippen molar-refractivity contribution >= 4 is 17.4 Å². The molecule has 0 atom stereocenters. The molecule has 6 heteroatoms. The van der Waals surface area contributed by atoms with Gasteiger partial charge in [-0.15, -0.1) is 11.8 Å². The van der Waals surface area contributed by atoms with Crippen LogP contribution < -0.4 is 10.5 Å². The molecule has 0 fully saturated rings. The zero-order valence-electron chi connectivity index (χ0n) is 11.1. The molecule has 2 aromatic carbocycles. The van der Waals surface area contributed by atoms with E-state index in [0.29, 0.717) is 17.3 Å². The van der Waals surface area contributed by atoms with Crippen LogP contribution in [0.1, 0.15) is 5.56 Å². The van der Waals surface area contributed by atoms with E-state index >= 15 is 0 Å². The first-order valence-corrected chi connectivity index (χ1v) is 7.23. The maximum atomic E-state index is 12.5. The van der Waals surface area contributed by atoms with Crippen molar-refractivity contribution < 1.29 is 17.9 Å². The van der Waals surface area contributed by atoms with Crippen molar-refractivity contribution in [2.45, 2.75) is 11.1 Å². The molecular formula is C15H14F3NOS. The Morgan fingerprint density at radius 1 is 1.05 bits per heavy atom. The van der Waals surface area contributed by atoms with Gasteiger partial charge in [0, 0.05) is 16.3 Å². The van der Waals surface area contributed by atoms with E-state index in [1.54, 1.807) is 0 Å². The average molecular weight is 313 g/mol. The molecule has 21 heavy (non-hydrogen) atoms. The fourth-order valence-electron chi connectivity index (χ4n) is 1.68. The van der Waals surface area contributed by atoms with Crippen LogP contribution in [0.25, 0.3) is 0 Å². The first-order valence-electron chi connectivity index (χ1n) is 6.24. The zero-order chi connectivity index (χ0) is 15.3. The summed E-state index contributed by atoms with van der Waals surface area (Å²) in [6, 6.07) is 12.7. The molecule has 0 aliphatic heterocycles. The molecule has 2 nitrogen and oxygen atoms in total. The Morgan fingerprint density at radius 2 is 1.76 bits per heavy atom. The highest BCUT2D eigenvalue weighted by Crippen LogP contribution is 2.34. The monoisotopic (exact) mass is 313 g/mol. The summed E-state index contributed by atoms with van der Waals surface area (Å²) in [5.41, 5.74) is 5.05. The molecule has 0 unspecified atom stereocenters. The summed E-state index contributed by atoms with van der Waals surface area (Å²) in [5.74, 6) is 1.36. The van der Waals surface area contributed by atoms with Crippen LogP contribution >= 0.6 is 11.8 Å². The Hall–Kier alpha value is -1.82. The molecular weight excluding hydrogens is 299 g/mol. The fraction of sp³-hybridized carbons (Fsp3) is 0.200. The van der Waals surface area contributed by atoms with Crippen molar-refractivity contribution in [1.29, 1.82) is 0 Å². The molecule has 0 aliphatic carbocycles. The third kappa shape index (κ3) is 4.60. The minimum atomic E-state index is -4.37. The van der Waals surface area contributed by atoms with Gasteiger partial charge in [0.05, 0.1) is 12.2 Å². The average Bonchev–Trinajstić information content (AvgIpc) is 2.45. The summed E-state index contributed by atoms with van der Waals surface area (Å²) in [7, 11) is 0. The molecule has 2 N–H and O–H groups in total. The predicted molar refractivity (Wildman–Crippen MR) is 78.5 cm³/mol. The lowest BCUT2D eigenvalue weighted by molar-refractivity contribution is -0.137. The van der Waals surface area contributed by atoms with Crippen molar-refractivity contribution in [2.24, 2.45) is 0 Å². The van der Waals surface area contributed by atoms with Gasteiger partial charge < -0.3 is 10.5 Å². The highest BCUT2D eigenvalue weighted by molar-refractivity contribution is 7.99. The van der Waals surface area contributed by atoms with Crippen LogP contribution in [0.2, 0.25) is 0 Å². The molecule has 0 aromatic heterocycles. The van der Waals surface area contributed by atoms with Crippen molar-refractivity contribution in [3.63, 3.8) is 0 Å². The number of thioether (sulfide) groups is 1. The van der Waals surface area contributed by atoms with E-state index in [-0.39, 0.29) is 5.69 Å². The maximum Gasteiger partial charge on any atom is 0.416 e. The second kappa shape index (κ2) is 6.76. The lowest BCUT2D eigenvalue weighted by Gasteiger charge is -2.11. The number of nitrogen functional groups attached to an aromatic ring is 1. The minimum Gasteiger partial charge on any atom is -0.493 e. The summed E-state index contributed by atoms with van der Waals surface area (Å²) >= 11 is 1.37. The lowest BCUT2D eigenvalue weighted by atomic mass is 10.2. The van der Waals surface area contributed by atoms with Crippen LogP contribution in [0.4, 0.5) is 18.9 Å². The molecule has 2 rings (SSSR count). The van der Waals surface area contributed by atoms with Gasteiger partial charge in [-0.05, 0) is 30.3 Å². The minimum absolute atomic E-state index is 0.134. The Labute approximate surface area is 125 Å². The van der Waals surface area contributed by atoms with Gasteiger partial charge in [0.15, 0.2) is 0 Å². The van der Waals surface area contributed by atoms with Crippen molar-refractivity contribution in [2.75, 3.05) is 18.1 Å². The highest BCUT2D eigenvalue weighted by atomic mass is 32.2. The molecule has 0 saturated heterocycles. The van der Waals surface area contributed by atoms with E-state index in [1.807, 2.05) is 30.3 Å². The number of hydrogen-bond acceptors (Lipinski definition) is 3. The summed E-state index contributed by atoms with van der Waals surface area (Å²) in [6.07, 6.45) is -4.37. The summed E-state index contributed by atoms with van der Waals surface area (Å²) < 4.78 is 43.0. The number of anilines is 1. The topological polar surface area (TPSA) is 35.2 Å². The number of benzene rings is 2. The molecule has 2 aromatic rings. The number of halogens is 3. The van der Waals surface area contributed by atoms with Crippen LogP contribution in [-0.4, -0.2) is 12.4 Å². The second-order valence-corrected chi connectivity index (χ2v) is 5.40. The van der Waals surface area contributed by atoms with E-state index in [1.165, 1.54) is 17.8 Å². The molecule has 0 aliphatic rings. The van der Waals surface area contributed by atoms with E-state index < -0.39 is 11.7 Å². The van der Waals surface area contributed by atoms with Gasteiger partial charge in [0.25, 0.3) is 0 Å². The van der Waals surface area contributed by atoms with Gasteiger partial charge in [0.1, 0.15) is 5.75 Å². The van der Waals surface area contributed by atoms with Crippen LogP contribution in [0, 0.1) is 0 Å². The number of alkyl halides is 3. The number of nitrogens with two attached hydrogens (primary N) is 1. The molecule has 0 spiro atoms. The Balaban J connectivity index is 1.86. The normalized spacial score (nSPS) is 11.4. The summed E-state index contributed by atoms with van der Waals surface area (Å²) in [5, 5.41) is 0. The first kappa shape index (κ1) is 15.6. The van der Waals surface area contributed by atoms with E-state index in [4.69, 9.17) is 10.5 Å². The highest BCUT2D eigenvalue weighted by Gasteiger charge is 2.30. The van der Waals surface area contributed by atoms with Gasteiger partial charge in [-0.2, -0.15) is 13.2 Å². The van der Waals surface area contributed by atoms with Crippen LogP contribution in [0.5, 0.6) is 5.75 Å². The van der Waals surface area contributed by atoms with Crippen LogP contribution in [0.15, 0.2) is 53.4 Å². The SMILES string of the molecule is Nc1cc(C(F)(F)F)ccc1SCCOc1ccccc1. The fourth-order valence-corrected chi connectivity index (χ4v) is 2.46. The molecule has 0 amide bonds. The predicted octanol–water partition coefficient (Wildman–Crippen LogP) is 4.46.